The highest BCUT2D eigenvalue weighted by molar-refractivity contribution is 14.0. The van der Waals surface area contributed by atoms with Gasteiger partial charge in [-0.1, -0.05) is 54.1 Å². The molecule has 0 aliphatic rings. The zero-order chi connectivity index (χ0) is 17.4. The molecule has 0 aliphatic carbocycles. The lowest BCUT2D eigenvalue weighted by Gasteiger charge is -2.16. The number of aryl methyl sites for hydroxylation is 2. The monoisotopic (exact) mass is 453 g/mol. The van der Waals surface area contributed by atoms with Crippen LogP contribution in [-0.4, -0.2) is 24.2 Å². The van der Waals surface area contributed by atoms with Crippen LogP contribution in [0.15, 0.2) is 53.5 Å². The van der Waals surface area contributed by atoms with Gasteiger partial charge < -0.3 is 15.7 Å². The molecule has 1 unspecified atom stereocenters. The minimum absolute atomic E-state index is 0. The molecule has 0 saturated carbocycles. The van der Waals surface area contributed by atoms with Gasteiger partial charge in [0.2, 0.25) is 0 Å². The van der Waals surface area contributed by atoms with E-state index in [1.807, 2.05) is 50.2 Å². The first kappa shape index (κ1) is 21.4. The van der Waals surface area contributed by atoms with E-state index in [1.54, 1.807) is 0 Å². The number of nitrogens with zero attached hydrogens (tertiary/aromatic N) is 1. The molecule has 0 bridgehead atoms. The van der Waals surface area contributed by atoms with E-state index >= 15 is 0 Å². The summed E-state index contributed by atoms with van der Waals surface area (Å²) >= 11 is 0. The van der Waals surface area contributed by atoms with Crippen LogP contribution in [0.4, 0.5) is 0 Å². The van der Waals surface area contributed by atoms with E-state index in [1.165, 1.54) is 16.7 Å². The summed E-state index contributed by atoms with van der Waals surface area (Å²) in [6, 6.07) is 16.2. The van der Waals surface area contributed by atoms with E-state index in [2.05, 4.69) is 34.7 Å². The Kier molecular flexibility index (Phi) is 9.52. The maximum atomic E-state index is 10.3. The van der Waals surface area contributed by atoms with Gasteiger partial charge >= 0.3 is 0 Å². The van der Waals surface area contributed by atoms with Gasteiger partial charge in [0.1, 0.15) is 0 Å². The third-order valence-electron chi connectivity index (χ3n) is 3.94. The summed E-state index contributed by atoms with van der Waals surface area (Å²) in [4.78, 5) is 4.61. The number of guanidine groups is 1. The third kappa shape index (κ3) is 7.04. The van der Waals surface area contributed by atoms with Gasteiger partial charge in [-0.2, -0.15) is 0 Å². The Morgan fingerprint density at radius 1 is 1.04 bits per heavy atom. The van der Waals surface area contributed by atoms with Crippen molar-refractivity contribution in [1.29, 1.82) is 0 Å². The summed E-state index contributed by atoms with van der Waals surface area (Å²) < 4.78 is 0. The van der Waals surface area contributed by atoms with E-state index in [0.717, 1.165) is 12.1 Å². The van der Waals surface area contributed by atoms with Gasteiger partial charge in [0.25, 0.3) is 0 Å². The van der Waals surface area contributed by atoms with Crippen LogP contribution in [0.2, 0.25) is 0 Å². The average molecular weight is 453 g/mol. The fraction of sp³-hybridized carbons (Fsp3) is 0.350. The molecule has 4 nitrogen and oxygen atoms in total. The Morgan fingerprint density at radius 2 is 1.72 bits per heavy atom. The van der Waals surface area contributed by atoms with Gasteiger partial charge in [0, 0.05) is 13.1 Å². The molecule has 0 radical (unpaired) electrons. The Morgan fingerprint density at radius 3 is 2.36 bits per heavy atom. The maximum absolute atomic E-state index is 10.3. The zero-order valence-corrected chi connectivity index (χ0v) is 17.5. The number of nitrogens with one attached hydrogen (secondary N) is 2. The molecule has 2 rings (SSSR count). The molecular weight excluding hydrogens is 425 g/mol. The van der Waals surface area contributed by atoms with Crippen molar-refractivity contribution in [3.8, 4) is 0 Å². The quantitative estimate of drug-likeness (QED) is 0.355. The molecule has 3 N–H and O–H groups in total. The van der Waals surface area contributed by atoms with E-state index < -0.39 is 6.10 Å². The first-order valence-electron chi connectivity index (χ1n) is 8.41. The Labute approximate surface area is 167 Å². The predicted octanol–water partition coefficient (Wildman–Crippen LogP) is 3.71. The SMILES string of the molecule is CCNC(=NCc1ccccc1C)NCC(O)c1ccc(C)cc1.I. The number of aliphatic hydroxyl groups excluding tert-OH is 1. The van der Waals surface area contributed by atoms with Gasteiger partial charge in [-0.25, -0.2) is 4.99 Å². The van der Waals surface area contributed by atoms with E-state index in [9.17, 15) is 5.11 Å². The lowest BCUT2D eigenvalue weighted by atomic mass is 10.1. The van der Waals surface area contributed by atoms with Crippen molar-refractivity contribution < 1.29 is 5.11 Å². The van der Waals surface area contributed by atoms with Crippen molar-refractivity contribution in [1.82, 2.24) is 10.6 Å². The fourth-order valence-corrected chi connectivity index (χ4v) is 2.39. The van der Waals surface area contributed by atoms with Crippen LogP contribution >= 0.6 is 24.0 Å². The normalized spacial score (nSPS) is 12.2. The molecule has 136 valence electrons. The summed E-state index contributed by atoms with van der Waals surface area (Å²) in [5, 5.41) is 16.7. The van der Waals surface area contributed by atoms with Crippen molar-refractivity contribution >= 4 is 29.9 Å². The molecular formula is C20H28IN3O. The van der Waals surface area contributed by atoms with E-state index in [4.69, 9.17) is 0 Å². The number of hydrogen-bond acceptors (Lipinski definition) is 2. The molecule has 2 aromatic rings. The molecule has 0 aromatic heterocycles. The lowest BCUT2D eigenvalue weighted by Crippen LogP contribution is -2.39. The Balaban J connectivity index is 0.00000312. The van der Waals surface area contributed by atoms with Gasteiger partial charge in [-0.05, 0) is 37.5 Å². The Bertz CT molecular complexity index is 671. The second-order valence-corrected chi connectivity index (χ2v) is 5.93. The molecule has 0 heterocycles. The fourth-order valence-electron chi connectivity index (χ4n) is 2.39. The topological polar surface area (TPSA) is 56.7 Å². The van der Waals surface area contributed by atoms with Crippen LogP contribution in [0.1, 0.15) is 35.3 Å². The summed E-state index contributed by atoms with van der Waals surface area (Å²) in [6.07, 6.45) is -0.562. The number of hydrogen-bond donors (Lipinski definition) is 3. The molecule has 25 heavy (non-hydrogen) atoms. The summed E-state index contributed by atoms with van der Waals surface area (Å²) in [6.45, 7) is 7.97. The van der Waals surface area contributed by atoms with Crippen LogP contribution in [0.3, 0.4) is 0 Å². The van der Waals surface area contributed by atoms with Crippen molar-refractivity contribution in [2.45, 2.75) is 33.4 Å². The van der Waals surface area contributed by atoms with Gasteiger partial charge in [-0.15, -0.1) is 24.0 Å². The number of aliphatic imine (C=N–C) groups is 1. The van der Waals surface area contributed by atoms with Crippen LogP contribution in [0.25, 0.3) is 0 Å². The largest absolute Gasteiger partial charge is 0.387 e. The van der Waals surface area contributed by atoms with Crippen LogP contribution in [0, 0.1) is 13.8 Å². The third-order valence-corrected chi connectivity index (χ3v) is 3.94. The molecule has 0 aliphatic heterocycles. The van der Waals surface area contributed by atoms with E-state index in [-0.39, 0.29) is 24.0 Å². The van der Waals surface area contributed by atoms with Crippen molar-refractivity contribution in [3.05, 3.63) is 70.8 Å². The van der Waals surface area contributed by atoms with Crippen LogP contribution in [-0.2, 0) is 6.54 Å². The number of benzene rings is 2. The molecule has 5 heteroatoms. The zero-order valence-electron chi connectivity index (χ0n) is 15.1. The van der Waals surface area contributed by atoms with Gasteiger partial charge in [0.05, 0.1) is 12.6 Å². The average Bonchev–Trinajstić information content (AvgIpc) is 2.59. The lowest BCUT2D eigenvalue weighted by molar-refractivity contribution is 0.181. The second-order valence-electron chi connectivity index (χ2n) is 5.93. The number of halogens is 1. The van der Waals surface area contributed by atoms with Gasteiger partial charge in [-0.3, -0.25) is 0 Å². The standard InChI is InChI=1S/C20H27N3O.HI/c1-4-21-20(22-13-18-8-6-5-7-16(18)3)23-14-19(24)17-11-9-15(2)10-12-17;/h5-12,19,24H,4,13-14H2,1-3H3,(H2,21,22,23);1H. The van der Waals surface area contributed by atoms with Crippen molar-refractivity contribution in [3.63, 3.8) is 0 Å². The second kappa shape index (κ2) is 11.1. The minimum Gasteiger partial charge on any atom is -0.387 e. The molecule has 0 saturated heterocycles. The number of aliphatic hydroxyl groups is 1. The highest BCUT2D eigenvalue weighted by Gasteiger charge is 2.08. The maximum Gasteiger partial charge on any atom is 0.191 e. The van der Waals surface area contributed by atoms with Crippen LogP contribution < -0.4 is 10.6 Å². The van der Waals surface area contributed by atoms with E-state index in [0.29, 0.717) is 19.0 Å². The smallest absolute Gasteiger partial charge is 0.191 e. The van der Waals surface area contributed by atoms with Crippen molar-refractivity contribution in [2.24, 2.45) is 4.99 Å². The first-order chi connectivity index (χ1) is 11.6. The van der Waals surface area contributed by atoms with Crippen molar-refractivity contribution in [2.75, 3.05) is 13.1 Å². The predicted molar refractivity (Wildman–Crippen MR) is 116 cm³/mol. The molecule has 2 aromatic carbocycles. The van der Waals surface area contributed by atoms with Gasteiger partial charge in [0.15, 0.2) is 5.96 Å². The number of rotatable bonds is 6. The van der Waals surface area contributed by atoms with Crippen LogP contribution in [0.5, 0.6) is 0 Å². The minimum atomic E-state index is -0.562. The molecule has 0 spiro atoms. The molecule has 0 fully saturated rings. The molecule has 0 amide bonds. The highest BCUT2D eigenvalue weighted by Crippen LogP contribution is 2.12. The summed E-state index contributed by atoms with van der Waals surface area (Å²) in [5.74, 6) is 0.715. The Hall–Kier alpha value is -1.60. The summed E-state index contributed by atoms with van der Waals surface area (Å²) in [5.41, 5.74) is 4.53. The first-order valence-corrected chi connectivity index (χ1v) is 8.41. The molecule has 1 atom stereocenters. The highest BCUT2D eigenvalue weighted by atomic mass is 127. The summed E-state index contributed by atoms with van der Waals surface area (Å²) in [7, 11) is 0.